The molecule has 176 valence electrons. The van der Waals surface area contributed by atoms with Gasteiger partial charge in [0, 0.05) is 35.5 Å². The summed E-state index contributed by atoms with van der Waals surface area (Å²) in [4.78, 5) is 21.3. The summed E-state index contributed by atoms with van der Waals surface area (Å²) in [7, 11) is 0. The standard InChI is InChI=1S/C26H25F3N4O/c1-16(2)24-23(25(34)32-14-18-8-10-22(31-13-18)26(27,28)29)20-9-7-17(3)12-21(20)33(24)15-19-6-4-5-11-30-19/h4-13,16H,14-15H2,1-3H3,(H,32,34). The number of nitrogens with one attached hydrogen (secondary N) is 1. The number of fused-ring (bicyclic) bond motifs is 1. The van der Waals surface area contributed by atoms with Gasteiger partial charge >= 0.3 is 6.18 Å². The molecule has 5 nitrogen and oxygen atoms in total. The van der Waals surface area contributed by atoms with Gasteiger partial charge in [-0.15, -0.1) is 0 Å². The molecule has 1 N–H and O–H groups in total. The zero-order chi connectivity index (χ0) is 24.5. The molecular weight excluding hydrogens is 441 g/mol. The van der Waals surface area contributed by atoms with Crippen LogP contribution in [0.3, 0.4) is 0 Å². The van der Waals surface area contributed by atoms with Crippen molar-refractivity contribution in [2.45, 2.75) is 46.0 Å². The van der Waals surface area contributed by atoms with E-state index in [1.54, 1.807) is 6.20 Å². The summed E-state index contributed by atoms with van der Waals surface area (Å²) in [6.45, 7) is 6.66. The van der Waals surface area contributed by atoms with Crippen LogP contribution in [0.1, 0.15) is 58.3 Å². The molecule has 0 radical (unpaired) electrons. The third-order valence-corrected chi connectivity index (χ3v) is 5.65. The molecule has 0 aliphatic rings. The summed E-state index contributed by atoms with van der Waals surface area (Å²) in [6, 6.07) is 14.0. The van der Waals surface area contributed by atoms with E-state index in [2.05, 4.69) is 25.9 Å². The normalized spacial score (nSPS) is 11.9. The zero-order valence-corrected chi connectivity index (χ0v) is 19.1. The van der Waals surface area contributed by atoms with Crippen LogP contribution in [-0.4, -0.2) is 20.4 Å². The first kappa shape index (κ1) is 23.5. The lowest BCUT2D eigenvalue weighted by atomic mass is 10.0. The lowest BCUT2D eigenvalue weighted by molar-refractivity contribution is -0.141. The number of nitrogens with zero attached hydrogens (tertiary/aromatic N) is 3. The lowest BCUT2D eigenvalue weighted by Gasteiger charge is -2.15. The van der Waals surface area contributed by atoms with E-state index in [1.807, 2.05) is 51.1 Å². The van der Waals surface area contributed by atoms with Crippen LogP contribution >= 0.6 is 0 Å². The number of benzene rings is 1. The van der Waals surface area contributed by atoms with Gasteiger partial charge < -0.3 is 9.88 Å². The number of halogens is 3. The molecule has 0 saturated heterocycles. The topological polar surface area (TPSA) is 59.8 Å². The van der Waals surface area contributed by atoms with Crippen molar-refractivity contribution in [1.82, 2.24) is 19.9 Å². The number of hydrogen-bond acceptors (Lipinski definition) is 3. The predicted octanol–water partition coefficient (Wildman–Crippen LogP) is 5.86. The van der Waals surface area contributed by atoms with E-state index >= 15 is 0 Å². The molecule has 0 bridgehead atoms. The number of amides is 1. The fraction of sp³-hybridized carbons (Fsp3) is 0.269. The van der Waals surface area contributed by atoms with Crippen LogP contribution < -0.4 is 5.32 Å². The largest absolute Gasteiger partial charge is 0.433 e. The van der Waals surface area contributed by atoms with Crippen LogP contribution in [0.25, 0.3) is 10.9 Å². The van der Waals surface area contributed by atoms with Gasteiger partial charge in [-0.3, -0.25) is 14.8 Å². The van der Waals surface area contributed by atoms with Crippen molar-refractivity contribution in [2.24, 2.45) is 0 Å². The molecule has 0 fully saturated rings. The number of hydrogen-bond donors (Lipinski definition) is 1. The SMILES string of the molecule is Cc1ccc2c(C(=O)NCc3ccc(C(F)(F)F)nc3)c(C(C)C)n(Cc3ccccn3)c2c1. The Balaban J connectivity index is 1.70. The van der Waals surface area contributed by atoms with Gasteiger partial charge in [0.15, 0.2) is 0 Å². The molecule has 0 aliphatic carbocycles. The van der Waals surface area contributed by atoms with Gasteiger partial charge in [-0.1, -0.05) is 38.1 Å². The van der Waals surface area contributed by atoms with E-state index in [0.29, 0.717) is 17.7 Å². The fourth-order valence-corrected chi connectivity index (χ4v) is 4.11. The number of aromatic nitrogens is 3. The number of alkyl halides is 3. The minimum atomic E-state index is -4.50. The Kier molecular flexibility index (Phi) is 6.41. The maximum absolute atomic E-state index is 13.4. The molecular formula is C26H25F3N4O. The van der Waals surface area contributed by atoms with E-state index in [0.717, 1.165) is 40.1 Å². The van der Waals surface area contributed by atoms with Gasteiger partial charge in [0.05, 0.1) is 17.8 Å². The number of aryl methyl sites for hydroxylation is 1. The highest BCUT2D eigenvalue weighted by atomic mass is 19.4. The van der Waals surface area contributed by atoms with E-state index in [4.69, 9.17) is 0 Å². The van der Waals surface area contributed by atoms with Crippen molar-refractivity contribution in [3.63, 3.8) is 0 Å². The Morgan fingerprint density at radius 2 is 1.88 bits per heavy atom. The second-order valence-electron chi connectivity index (χ2n) is 8.57. The van der Waals surface area contributed by atoms with Gasteiger partial charge in [-0.2, -0.15) is 13.2 Å². The van der Waals surface area contributed by atoms with E-state index in [-0.39, 0.29) is 18.4 Å². The third-order valence-electron chi connectivity index (χ3n) is 5.65. The molecule has 0 unspecified atom stereocenters. The van der Waals surface area contributed by atoms with Gasteiger partial charge in [0.25, 0.3) is 5.91 Å². The number of rotatable bonds is 6. The average Bonchev–Trinajstić information content (AvgIpc) is 3.11. The summed E-state index contributed by atoms with van der Waals surface area (Å²) in [5.41, 5.74) is 3.87. The van der Waals surface area contributed by atoms with Crippen molar-refractivity contribution < 1.29 is 18.0 Å². The maximum Gasteiger partial charge on any atom is 0.433 e. The molecule has 3 aromatic heterocycles. The Bertz CT molecular complexity index is 1310. The number of pyridine rings is 2. The van der Waals surface area contributed by atoms with Crippen LogP contribution in [0.2, 0.25) is 0 Å². The minimum Gasteiger partial charge on any atom is -0.348 e. The van der Waals surface area contributed by atoms with Gasteiger partial charge in [0.2, 0.25) is 0 Å². The van der Waals surface area contributed by atoms with E-state index < -0.39 is 11.9 Å². The molecule has 8 heteroatoms. The van der Waals surface area contributed by atoms with Crippen molar-refractivity contribution in [1.29, 1.82) is 0 Å². The van der Waals surface area contributed by atoms with Crippen LogP contribution in [-0.2, 0) is 19.3 Å². The maximum atomic E-state index is 13.4. The Labute approximate surface area is 195 Å². The van der Waals surface area contributed by atoms with Crippen molar-refractivity contribution in [3.05, 3.63) is 94.7 Å². The molecule has 0 aliphatic heterocycles. The minimum absolute atomic E-state index is 0.0462. The first-order valence-corrected chi connectivity index (χ1v) is 11.0. The van der Waals surface area contributed by atoms with Crippen molar-refractivity contribution >= 4 is 16.8 Å². The monoisotopic (exact) mass is 466 g/mol. The summed E-state index contributed by atoms with van der Waals surface area (Å²) in [5.74, 6) is -0.234. The molecule has 1 amide bonds. The average molecular weight is 467 g/mol. The van der Waals surface area contributed by atoms with Gasteiger partial charge in [0.1, 0.15) is 5.69 Å². The molecule has 0 saturated carbocycles. The molecule has 1 aromatic carbocycles. The second-order valence-corrected chi connectivity index (χ2v) is 8.57. The molecule has 34 heavy (non-hydrogen) atoms. The summed E-state index contributed by atoms with van der Waals surface area (Å²) >= 11 is 0. The second kappa shape index (κ2) is 9.29. The molecule has 4 rings (SSSR count). The molecule has 0 spiro atoms. The molecule has 4 aromatic rings. The van der Waals surface area contributed by atoms with Gasteiger partial charge in [-0.25, -0.2) is 0 Å². The van der Waals surface area contributed by atoms with Crippen LogP contribution in [0.15, 0.2) is 60.9 Å². The lowest BCUT2D eigenvalue weighted by Crippen LogP contribution is -2.24. The van der Waals surface area contributed by atoms with E-state index in [9.17, 15) is 18.0 Å². The summed E-state index contributed by atoms with van der Waals surface area (Å²) in [5, 5.41) is 3.69. The highest BCUT2D eigenvalue weighted by molar-refractivity contribution is 6.08. The van der Waals surface area contributed by atoms with Crippen molar-refractivity contribution in [3.8, 4) is 0 Å². The highest BCUT2D eigenvalue weighted by Gasteiger charge is 2.32. The Morgan fingerprint density at radius 1 is 1.09 bits per heavy atom. The number of carbonyl (C=O) groups excluding carboxylic acids is 1. The van der Waals surface area contributed by atoms with Crippen LogP contribution in [0.4, 0.5) is 13.2 Å². The molecule has 3 heterocycles. The van der Waals surface area contributed by atoms with E-state index in [1.165, 1.54) is 6.07 Å². The highest BCUT2D eigenvalue weighted by Crippen LogP contribution is 2.33. The fourth-order valence-electron chi connectivity index (χ4n) is 4.11. The Morgan fingerprint density at radius 3 is 2.50 bits per heavy atom. The summed E-state index contributed by atoms with van der Waals surface area (Å²) in [6.07, 6.45) is -1.62. The van der Waals surface area contributed by atoms with Crippen LogP contribution in [0, 0.1) is 6.92 Å². The predicted molar refractivity (Wildman–Crippen MR) is 125 cm³/mol. The summed E-state index contributed by atoms with van der Waals surface area (Å²) < 4.78 is 40.4. The third kappa shape index (κ3) is 4.81. The number of carbonyl (C=O) groups is 1. The Hall–Kier alpha value is -3.68. The zero-order valence-electron chi connectivity index (χ0n) is 19.1. The molecule has 0 atom stereocenters. The van der Waals surface area contributed by atoms with Crippen LogP contribution in [0.5, 0.6) is 0 Å². The quantitative estimate of drug-likeness (QED) is 0.387. The first-order valence-electron chi connectivity index (χ1n) is 11.0. The van der Waals surface area contributed by atoms with Crippen molar-refractivity contribution in [2.75, 3.05) is 0 Å². The van der Waals surface area contributed by atoms with Gasteiger partial charge in [-0.05, 0) is 48.2 Å². The first-order chi connectivity index (χ1) is 16.1. The smallest absolute Gasteiger partial charge is 0.348 e.